The topological polar surface area (TPSA) is 37.3 Å². The maximum atomic E-state index is 11.4. The van der Waals surface area contributed by atoms with Gasteiger partial charge in [-0.25, -0.2) is 0 Å². The van der Waals surface area contributed by atoms with E-state index in [-0.39, 0.29) is 0 Å². The van der Waals surface area contributed by atoms with E-state index in [1.165, 1.54) is 0 Å². The number of aliphatic hydroxyl groups is 1. The molecule has 0 aromatic heterocycles. The molecule has 0 fully saturated rings. The van der Waals surface area contributed by atoms with Crippen LogP contribution in [0.1, 0.15) is 52.4 Å². The molecule has 80 valence electrons. The van der Waals surface area contributed by atoms with E-state index in [0.29, 0.717) is 12.2 Å². The maximum Gasteiger partial charge on any atom is 0.129 e. The van der Waals surface area contributed by atoms with Crippen molar-refractivity contribution in [2.24, 2.45) is 0 Å². The summed E-state index contributed by atoms with van der Waals surface area (Å²) in [5.41, 5.74) is -0.586. The van der Waals surface area contributed by atoms with E-state index in [0.717, 1.165) is 32.1 Å². The summed E-state index contributed by atoms with van der Waals surface area (Å²) in [6.45, 7) is 4.20. The number of hydrogen-bond acceptors (Lipinski definition) is 2. The zero-order valence-corrected chi connectivity index (χ0v) is 9.61. The standard InChI is InChI=1S/C10H22O2S/c1-3-5-7-9-13(12)10(11)8-6-4-2/h10-11H,3-9H2,1-2H3. The summed E-state index contributed by atoms with van der Waals surface area (Å²) < 4.78 is 11.4. The molecular formula is C10H22O2S. The average Bonchev–Trinajstić information content (AvgIpc) is 2.14. The van der Waals surface area contributed by atoms with E-state index in [4.69, 9.17) is 0 Å². The molecule has 0 heterocycles. The van der Waals surface area contributed by atoms with Gasteiger partial charge in [0.25, 0.3) is 0 Å². The number of hydrogen-bond donors (Lipinski definition) is 1. The number of aliphatic hydroxyl groups excluding tert-OH is 1. The Labute approximate surface area is 84.2 Å². The number of unbranched alkanes of at least 4 members (excludes halogenated alkanes) is 3. The highest BCUT2D eigenvalue weighted by atomic mass is 32.2. The Hall–Kier alpha value is 0.110. The van der Waals surface area contributed by atoms with Crippen molar-refractivity contribution in [1.82, 2.24) is 0 Å². The van der Waals surface area contributed by atoms with Crippen LogP contribution in [-0.2, 0) is 10.8 Å². The first-order valence-corrected chi connectivity index (χ1v) is 6.65. The smallest absolute Gasteiger partial charge is 0.129 e. The molecule has 0 aliphatic heterocycles. The summed E-state index contributed by atoms with van der Waals surface area (Å²) >= 11 is 0. The summed E-state index contributed by atoms with van der Waals surface area (Å²) in [6.07, 6.45) is 5.96. The molecule has 0 aliphatic rings. The fourth-order valence-electron chi connectivity index (χ4n) is 1.14. The monoisotopic (exact) mass is 206 g/mol. The predicted octanol–water partition coefficient (Wildman–Crippen LogP) is 2.43. The van der Waals surface area contributed by atoms with Gasteiger partial charge in [-0.05, 0) is 12.8 Å². The quantitative estimate of drug-likeness (QED) is 0.619. The maximum absolute atomic E-state index is 11.4. The lowest BCUT2D eigenvalue weighted by Gasteiger charge is -2.09. The fraction of sp³-hybridized carbons (Fsp3) is 1.00. The van der Waals surface area contributed by atoms with Crippen LogP contribution in [0, 0.1) is 0 Å². The van der Waals surface area contributed by atoms with Gasteiger partial charge in [0.15, 0.2) is 0 Å². The molecule has 0 rings (SSSR count). The molecule has 0 radical (unpaired) electrons. The van der Waals surface area contributed by atoms with Gasteiger partial charge in [-0.15, -0.1) is 0 Å². The zero-order valence-electron chi connectivity index (χ0n) is 8.79. The molecule has 2 nitrogen and oxygen atoms in total. The van der Waals surface area contributed by atoms with Gasteiger partial charge in [-0.3, -0.25) is 4.21 Å². The Balaban J connectivity index is 3.45. The van der Waals surface area contributed by atoms with Gasteiger partial charge >= 0.3 is 0 Å². The lowest BCUT2D eigenvalue weighted by molar-refractivity contribution is 0.242. The fourth-order valence-corrected chi connectivity index (χ4v) is 2.33. The van der Waals surface area contributed by atoms with Crippen molar-refractivity contribution in [3.05, 3.63) is 0 Å². The molecule has 0 aromatic rings. The van der Waals surface area contributed by atoms with Gasteiger partial charge in [0, 0.05) is 5.75 Å². The van der Waals surface area contributed by atoms with Crippen LogP contribution in [0.4, 0.5) is 0 Å². The highest BCUT2D eigenvalue weighted by molar-refractivity contribution is 7.85. The molecule has 0 saturated carbocycles. The zero-order chi connectivity index (χ0) is 10.1. The van der Waals surface area contributed by atoms with Gasteiger partial charge in [0.1, 0.15) is 5.44 Å². The van der Waals surface area contributed by atoms with Gasteiger partial charge in [0.05, 0.1) is 10.8 Å². The Morgan fingerprint density at radius 2 is 1.77 bits per heavy atom. The van der Waals surface area contributed by atoms with Crippen molar-refractivity contribution >= 4 is 10.8 Å². The van der Waals surface area contributed by atoms with Crippen LogP contribution in [-0.4, -0.2) is 20.5 Å². The second-order valence-electron chi connectivity index (χ2n) is 3.39. The Bertz CT molecular complexity index is 137. The van der Waals surface area contributed by atoms with Crippen LogP contribution < -0.4 is 0 Å². The van der Waals surface area contributed by atoms with E-state index in [1.54, 1.807) is 0 Å². The lowest BCUT2D eigenvalue weighted by Crippen LogP contribution is -2.16. The lowest BCUT2D eigenvalue weighted by atomic mass is 10.3. The predicted molar refractivity (Wildman–Crippen MR) is 58.1 cm³/mol. The molecule has 0 saturated heterocycles. The minimum absolute atomic E-state index is 0.586. The molecule has 2 atom stereocenters. The third-order valence-corrected chi connectivity index (χ3v) is 3.59. The first-order chi connectivity index (χ1) is 6.22. The van der Waals surface area contributed by atoms with E-state index in [9.17, 15) is 9.32 Å². The molecular weight excluding hydrogens is 184 g/mol. The highest BCUT2D eigenvalue weighted by Gasteiger charge is 2.11. The van der Waals surface area contributed by atoms with Crippen LogP contribution in [0.25, 0.3) is 0 Å². The Kier molecular flexibility index (Phi) is 8.77. The van der Waals surface area contributed by atoms with E-state index in [1.807, 2.05) is 0 Å². The van der Waals surface area contributed by atoms with Gasteiger partial charge in [-0.1, -0.05) is 39.5 Å². The molecule has 1 N–H and O–H groups in total. The van der Waals surface area contributed by atoms with Crippen LogP contribution in [0.5, 0.6) is 0 Å². The summed E-state index contributed by atoms with van der Waals surface area (Å²) in [6, 6.07) is 0. The van der Waals surface area contributed by atoms with Crippen LogP contribution in [0.2, 0.25) is 0 Å². The van der Waals surface area contributed by atoms with E-state index >= 15 is 0 Å². The molecule has 0 aromatic carbocycles. The summed E-state index contributed by atoms with van der Waals surface area (Å²) in [7, 11) is -1.01. The minimum Gasteiger partial charge on any atom is -0.380 e. The first-order valence-electron chi connectivity index (χ1n) is 5.27. The first kappa shape index (κ1) is 13.1. The normalized spacial score (nSPS) is 15.6. The van der Waals surface area contributed by atoms with Crippen molar-refractivity contribution in [1.29, 1.82) is 0 Å². The molecule has 0 aliphatic carbocycles. The molecule has 0 bridgehead atoms. The molecule has 0 amide bonds. The van der Waals surface area contributed by atoms with Crippen LogP contribution >= 0.6 is 0 Å². The molecule has 0 spiro atoms. The van der Waals surface area contributed by atoms with Crippen molar-refractivity contribution in [3.63, 3.8) is 0 Å². The van der Waals surface area contributed by atoms with Crippen LogP contribution in [0.15, 0.2) is 0 Å². The third-order valence-electron chi connectivity index (χ3n) is 2.06. The third kappa shape index (κ3) is 7.20. The second-order valence-corrected chi connectivity index (χ2v) is 5.10. The summed E-state index contributed by atoms with van der Waals surface area (Å²) in [5.74, 6) is 0.665. The van der Waals surface area contributed by atoms with Crippen molar-refractivity contribution < 1.29 is 9.32 Å². The largest absolute Gasteiger partial charge is 0.380 e. The van der Waals surface area contributed by atoms with E-state index < -0.39 is 16.2 Å². The molecule has 13 heavy (non-hydrogen) atoms. The molecule has 3 heteroatoms. The Morgan fingerprint density at radius 3 is 2.31 bits per heavy atom. The number of rotatable bonds is 8. The summed E-state index contributed by atoms with van der Waals surface area (Å²) in [5, 5.41) is 9.45. The second kappa shape index (κ2) is 8.70. The average molecular weight is 206 g/mol. The van der Waals surface area contributed by atoms with E-state index in [2.05, 4.69) is 13.8 Å². The summed E-state index contributed by atoms with van der Waals surface area (Å²) in [4.78, 5) is 0. The van der Waals surface area contributed by atoms with Crippen molar-refractivity contribution in [2.75, 3.05) is 5.75 Å². The van der Waals surface area contributed by atoms with Crippen LogP contribution in [0.3, 0.4) is 0 Å². The van der Waals surface area contributed by atoms with Crippen molar-refractivity contribution in [3.8, 4) is 0 Å². The van der Waals surface area contributed by atoms with Gasteiger partial charge in [0.2, 0.25) is 0 Å². The molecule has 2 unspecified atom stereocenters. The van der Waals surface area contributed by atoms with Gasteiger partial charge in [-0.2, -0.15) is 0 Å². The minimum atomic E-state index is -1.01. The van der Waals surface area contributed by atoms with Gasteiger partial charge < -0.3 is 5.11 Å². The Morgan fingerprint density at radius 1 is 1.15 bits per heavy atom. The highest BCUT2D eigenvalue weighted by Crippen LogP contribution is 2.07. The van der Waals surface area contributed by atoms with Crippen molar-refractivity contribution in [2.45, 2.75) is 57.8 Å². The SMILES string of the molecule is CCCCCS(=O)C(O)CCCC.